The van der Waals surface area contributed by atoms with Crippen molar-refractivity contribution in [3.8, 4) is 5.82 Å². The van der Waals surface area contributed by atoms with E-state index in [-0.39, 0.29) is 0 Å². The van der Waals surface area contributed by atoms with Gasteiger partial charge in [0.1, 0.15) is 6.26 Å². The zero-order valence-electron chi connectivity index (χ0n) is 8.02. The Morgan fingerprint density at radius 1 is 1.50 bits per heavy atom. The number of carbonyl (C=O) groups is 1. The van der Waals surface area contributed by atoms with Crippen LogP contribution in [0.4, 0.5) is 0 Å². The Kier molecular flexibility index (Phi) is 1.96. The second kappa shape index (κ2) is 3.14. The third-order valence-electron chi connectivity index (χ3n) is 2.25. The standard InChI is InChI=1S/C10H10N2O2/c1-7-5-9(6-13)8(2)12(7)10-3-4-14-11-10/h3-6H,1-2H3. The van der Waals surface area contributed by atoms with E-state index in [1.165, 1.54) is 6.26 Å². The highest BCUT2D eigenvalue weighted by atomic mass is 16.5. The monoisotopic (exact) mass is 190 g/mol. The van der Waals surface area contributed by atoms with Crippen molar-refractivity contribution in [3.05, 3.63) is 35.3 Å². The molecule has 2 heterocycles. The Morgan fingerprint density at radius 3 is 2.79 bits per heavy atom. The van der Waals surface area contributed by atoms with Crippen molar-refractivity contribution in [1.29, 1.82) is 0 Å². The molecule has 0 spiro atoms. The Labute approximate surface area is 81.1 Å². The quantitative estimate of drug-likeness (QED) is 0.679. The van der Waals surface area contributed by atoms with Crippen LogP contribution in [0.3, 0.4) is 0 Å². The average molecular weight is 190 g/mol. The highest BCUT2D eigenvalue weighted by Gasteiger charge is 2.11. The molecule has 0 aliphatic carbocycles. The van der Waals surface area contributed by atoms with Crippen molar-refractivity contribution in [2.45, 2.75) is 13.8 Å². The van der Waals surface area contributed by atoms with Gasteiger partial charge in [0.25, 0.3) is 0 Å². The minimum atomic E-state index is 0.686. The molecule has 4 nitrogen and oxygen atoms in total. The Morgan fingerprint density at radius 2 is 2.29 bits per heavy atom. The summed E-state index contributed by atoms with van der Waals surface area (Å²) in [5.41, 5.74) is 2.54. The number of hydrogen-bond donors (Lipinski definition) is 0. The number of nitrogens with zero attached hydrogens (tertiary/aromatic N) is 2. The lowest BCUT2D eigenvalue weighted by Crippen LogP contribution is -1.99. The fraction of sp³-hybridized carbons (Fsp3) is 0.200. The van der Waals surface area contributed by atoms with Gasteiger partial charge in [-0.25, -0.2) is 0 Å². The maximum atomic E-state index is 10.7. The molecule has 0 unspecified atom stereocenters. The molecule has 0 fully saturated rings. The fourth-order valence-corrected chi connectivity index (χ4v) is 1.58. The van der Waals surface area contributed by atoms with Crippen LogP contribution in [0.2, 0.25) is 0 Å². The van der Waals surface area contributed by atoms with Crippen LogP contribution in [0, 0.1) is 13.8 Å². The predicted molar refractivity (Wildman–Crippen MR) is 50.7 cm³/mol. The zero-order chi connectivity index (χ0) is 10.1. The summed E-state index contributed by atoms with van der Waals surface area (Å²) in [4.78, 5) is 10.7. The summed E-state index contributed by atoms with van der Waals surface area (Å²) in [6.45, 7) is 3.81. The molecule has 0 atom stereocenters. The zero-order valence-corrected chi connectivity index (χ0v) is 8.02. The molecule has 2 aromatic heterocycles. The molecule has 0 bridgehead atoms. The third kappa shape index (κ3) is 1.16. The number of rotatable bonds is 2. The molecule has 0 saturated carbocycles. The predicted octanol–water partition coefficient (Wildman–Crippen LogP) is 1.89. The molecule has 0 N–H and O–H groups in total. The number of aromatic nitrogens is 2. The molecule has 72 valence electrons. The first kappa shape index (κ1) is 8.74. The molecular weight excluding hydrogens is 180 g/mol. The second-order valence-corrected chi connectivity index (χ2v) is 3.14. The third-order valence-corrected chi connectivity index (χ3v) is 2.25. The van der Waals surface area contributed by atoms with Gasteiger partial charge in [-0.3, -0.25) is 9.36 Å². The van der Waals surface area contributed by atoms with Gasteiger partial charge in [-0.15, -0.1) is 0 Å². The van der Waals surface area contributed by atoms with Gasteiger partial charge in [0.2, 0.25) is 0 Å². The van der Waals surface area contributed by atoms with E-state index in [2.05, 4.69) is 5.16 Å². The smallest absolute Gasteiger partial charge is 0.180 e. The summed E-state index contributed by atoms with van der Waals surface area (Å²) in [7, 11) is 0. The average Bonchev–Trinajstić information content (AvgIpc) is 2.74. The number of aryl methyl sites for hydroxylation is 1. The van der Waals surface area contributed by atoms with Gasteiger partial charge in [0.05, 0.1) is 0 Å². The van der Waals surface area contributed by atoms with E-state index < -0.39 is 0 Å². The first-order valence-electron chi connectivity index (χ1n) is 4.29. The Hall–Kier alpha value is -1.84. The maximum absolute atomic E-state index is 10.7. The summed E-state index contributed by atoms with van der Waals surface area (Å²) in [6, 6.07) is 3.59. The lowest BCUT2D eigenvalue weighted by molar-refractivity contribution is 0.112. The van der Waals surface area contributed by atoms with E-state index >= 15 is 0 Å². The molecule has 0 aliphatic rings. The summed E-state index contributed by atoms with van der Waals surface area (Å²) in [6.07, 6.45) is 2.35. The van der Waals surface area contributed by atoms with Gasteiger partial charge in [0.15, 0.2) is 12.1 Å². The second-order valence-electron chi connectivity index (χ2n) is 3.14. The van der Waals surface area contributed by atoms with Crippen LogP contribution in [-0.4, -0.2) is 16.0 Å². The highest BCUT2D eigenvalue weighted by molar-refractivity contribution is 5.77. The summed E-state index contributed by atoms with van der Waals surface area (Å²) in [5.74, 6) is 0.702. The number of carbonyl (C=O) groups excluding carboxylic acids is 1. The number of hydrogen-bond acceptors (Lipinski definition) is 3. The lowest BCUT2D eigenvalue weighted by Gasteiger charge is -2.03. The van der Waals surface area contributed by atoms with Gasteiger partial charge in [0, 0.05) is 23.0 Å². The molecule has 2 rings (SSSR count). The van der Waals surface area contributed by atoms with Crippen molar-refractivity contribution in [2.24, 2.45) is 0 Å². The highest BCUT2D eigenvalue weighted by Crippen LogP contribution is 2.17. The van der Waals surface area contributed by atoms with Crippen LogP contribution in [0.15, 0.2) is 22.9 Å². The van der Waals surface area contributed by atoms with Crippen LogP contribution in [0.5, 0.6) is 0 Å². The Balaban J connectivity index is 2.64. The summed E-state index contributed by atoms with van der Waals surface area (Å²) in [5, 5.41) is 3.83. The summed E-state index contributed by atoms with van der Waals surface area (Å²) < 4.78 is 6.64. The molecule has 0 amide bonds. The van der Waals surface area contributed by atoms with Crippen molar-refractivity contribution in [3.63, 3.8) is 0 Å². The van der Waals surface area contributed by atoms with Gasteiger partial charge >= 0.3 is 0 Å². The van der Waals surface area contributed by atoms with Crippen LogP contribution in [-0.2, 0) is 0 Å². The first-order valence-corrected chi connectivity index (χ1v) is 4.29. The van der Waals surface area contributed by atoms with Crippen molar-refractivity contribution in [1.82, 2.24) is 9.72 Å². The maximum Gasteiger partial charge on any atom is 0.180 e. The SMILES string of the molecule is Cc1cc(C=O)c(C)n1-c1ccon1. The number of aldehydes is 1. The minimum absolute atomic E-state index is 0.686. The van der Waals surface area contributed by atoms with E-state index in [4.69, 9.17) is 4.52 Å². The van der Waals surface area contributed by atoms with E-state index in [0.717, 1.165) is 17.7 Å². The molecule has 14 heavy (non-hydrogen) atoms. The topological polar surface area (TPSA) is 48.0 Å². The minimum Gasteiger partial charge on any atom is -0.363 e. The van der Waals surface area contributed by atoms with E-state index in [9.17, 15) is 4.79 Å². The normalized spacial score (nSPS) is 10.4. The van der Waals surface area contributed by atoms with Crippen molar-refractivity contribution in [2.75, 3.05) is 0 Å². The van der Waals surface area contributed by atoms with Crippen LogP contribution in [0.1, 0.15) is 21.7 Å². The van der Waals surface area contributed by atoms with Gasteiger partial charge in [-0.2, -0.15) is 0 Å². The van der Waals surface area contributed by atoms with Gasteiger partial charge < -0.3 is 4.52 Å². The van der Waals surface area contributed by atoms with Gasteiger partial charge in [-0.05, 0) is 19.9 Å². The lowest BCUT2D eigenvalue weighted by atomic mass is 10.3. The molecule has 2 aromatic rings. The van der Waals surface area contributed by atoms with E-state index in [1.54, 1.807) is 6.07 Å². The van der Waals surface area contributed by atoms with Crippen molar-refractivity contribution < 1.29 is 9.32 Å². The van der Waals surface area contributed by atoms with Crippen LogP contribution < -0.4 is 0 Å². The molecule has 0 radical (unpaired) electrons. The largest absolute Gasteiger partial charge is 0.363 e. The fourth-order valence-electron chi connectivity index (χ4n) is 1.58. The summed E-state index contributed by atoms with van der Waals surface area (Å²) >= 11 is 0. The van der Waals surface area contributed by atoms with Crippen LogP contribution >= 0.6 is 0 Å². The first-order chi connectivity index (χ1) is 6.74. The molecule has 0 aromatic carbocycles. The van der Waals surface area contributed by atoms with Gasteiger partial charge in [-0.1, -0.05) is 5.16 Å². The molecular formula is C10H10N2O2. The molecule has 0 saturated heterocycles. The molecule has 0 aliphatic heterocycles. The van der Waals surface area contributed by atoms with E-state index in [0.29, 0.717) is 11.4 Å². The van der Waals surface area contributed by atoms with Crippen molar-refractivity contribution >= 4 is 6.29 Å². The van der Waals surface area contributed by atoms with E-state index in [1.807, 2.05) is 24.5 Å². The Bertz CT molecular complexity index is 455. The molecule has 4 heteroatoms. The van der Waals surface area contributed by atoms with Crippen LogP contribution in [0.25, 0.3) is 5.82 Å².